The Morgan fingerprint density at radius 1 is 1.06 bits per heavy atom. The Balaban J connectivity index is 1.17. The van der Waals surface area contributed by atoms with E-state index >= 15 is 0 Å². The zero-order valence-corrected chi connectivity index (χ0v) is 30.5. The van der Waals surface area contributed by atoms with Gasteiger partial charge in [-0.15, -0.1) is 0 Å². The van der Waals surface area contributed by atoms with Gasteiger partial charge in [0, 0.05) is 45.9 Å². The van der Waals surface area contributed by atoms with Crippen LogP contribution < -0.4 is 20.1 Å². The fraction of sp³-hybridized carbons (Fsp3) is 0.300. The molecule has 10 heteroatoms. The van der Waals surface area contributed by atoms with Gasteiger partial charge in [-0.05, 0) is 71.6 Å². The van der Waals surface area contributed by atoms with E-state index in [1.807, 2.05) is 79.0 Å². The number of hydrogen-bond acceptors (Lipinski definition) is 5. The summed E-state index contributed by atoms with van der Waals surface area (Å²) < 4.78 is 12.4. The van der Waals surface area contributed by atoms with Crippen molar-refractivity contribution in [2.24, 2.45) is 5.92 Å². The van der Waals surface area contributed by atoms with Crippen LogP contribution in [0.5, 0.6) is 5.75 Å². The SMILES string of the molecule is COc1ccc([Si](C)(C)[C@@H]2[C@@H](CCO)O[C@]3(C(=O)N(Cc4cccc(NC(=O)Cc5c[nH]c6ccccc56)c4)c4ccc(Cl)cc43)[C@H]2C)cc1. The summed E-state index contributed by atoms with van der Waals surface area (Å²) in [7, 11) is -0.642. The molecule has 0 bridgehead atoms. The number of benzene rings is 4. The summed E-state index contributed by atoms with van der Waals surface area (Å²) in [6.07, 6.45) is 2.20. The lowest BCUT2D eigenvalue weighted by Crippen LogP contribution is -2.51. The van der Waals surface area contributed by atoms with Crippen LogP contribution in [0.2, 0.25) is 23.7 Å². The fourth-order valence-corrected chi connectivity index (χ4v) is 12.7. The van der Waals surface area contributed by atoms with Crippen LogP contribution in [0.25, 0.3) is 10.9 Å². The van der Waals surface area contributed by atoms with Crippen molar-refractivity contribution in [1.82, 2.24) is 4.98 Å². The zero-order chi connectivity index (χ0) is 35.2. The Kier molecular flexibility index (Phi) is 9.11. The minimum Gasteiger partial charge on any atom is -0.497 e. The molecule has 8 nitrogen and oxygen atoms in total. The second-order valence-electron chi connectivity index (χ2n) is 14.0. The van der Waals surface area contributed by atoms with Crippen molar-refractivity contribution >= 4 is 59.0 Å². The number of nitrogens with one attached hydrogen (secondary N) is 2. The molecule has 0 radical (unpaired) electrons. The molecule has 7 rings (SSSR count). The van der Waals surface area contributed by atoms with Crippen molar-refractivity contribution in [2.75, 3.05) is 23.9 Å². The van der Waals surface area contributed by atoms with Crippen LogP contribution >= 0.6 is 11.6 Å². The van der Waals surface area contributed by atoms with Crippen LogP contribution in [0.4, 0.5) is 11.4 Å². The smallest absolute Gasteiger partial charge is 0.264 e. The standard InChI is InChI=1S/C40H42ClN3O5Si/c1-25-38(50(3,4)31-15-13-30(48-2)14-16-31)36(18-19-45)49-40(25)33-22-28(41)12-17-35(33)44(39(40)47)24-26-8-7-9-29(20-26)43-37(46)21-27-23-42-34-11-6-5-10-32(27)34/h5-17,20,22-23,25,36,38,42,45H,18-19,21,24H2,1-4H3,(H,43,46)/t25-,36+,38-,40+/m0/s1. The molecule has 1 fully saturated rings. The number of ether oxygens (including phenoxy) is 2. The molecule has 50 heavy (non-hydrogen) atoms. The molecule has 0 unspecified atom stereocenters. The van der Waals surface area contributed by atoms with Crippen molar-refractivity contribution in [3.8, 4) is 5.75 Å². The molecule has 0 aliphatic carbocycles. The maximum absolute atomic E-state index is 14.9. The summed E-state index contributed by atoms with van der Waals surface area (Å²) in [6.45, 7) is 6.99. The third kappa shape index (κ3) is 5.82. The molecule has 1 aromatic heterocycles. The van der Waals surface area contributed by atoms with E-state index in [9.17, 15) is 14.7 Å². The van der Waals surface area contributed by atoms with Crippen molar-refractivity contribution in [1.29, 1.82) is 0 Å². The Morgan fingerprint density at radius 2 is 1.84 bits per heavy atom. The highest BCUT2D eigenvalue weighted by Crippen LogP contribution is 2.60. The lowest BCUT2D eigenvalue weighted by atomic mass is 9.82. The fourth-order valence-electron chi connectivity index (χ4n) is 8.43. The lowest BCUT2D eigenvalue weighted by molar-refractivity contribution is -0.146. The molecule has 2 amide bonds. The van der Waals surface area contributed by atoms with Crippen molar-refractivity contribution < 1.29 is 24.2 Å². The number of halogens is 1. The quantitative estimate of drug-likeness (QED) is 0.134. The first kappa shape index (κ1) is 34.1. The number of carbonyl (C=O) groups is 2. The largest absolute Gasteiger partial charge is 0.497 e. The molecule has 258 valence electrons. The second kappa shape index (κ2) is 13.4. The Hall–Kier alpha value is -4.41. The number of amides is 2. The number of H-pyrrole nitrogens is 1. The van der Waals surface area contributed by atoms with Crippen LogP contribution in [0.3, 0.4) is 0 Å². The van der Waals surface area contributed by atoms with E-state index in [1.54, 1.807) is 18.1 Å². The predicted octanol–water partition coefficient (Wildman–Crippen LogP) is 7.16. The molecule has 1 spiro atoms. The summed E-state index contributed by atoms with van der Waals surface area (Å²) in [5.74, 6) is 0.329. The number of hydrogen-bond donors (Lipinski definition) is 3. The number of carbonyl (C=O) groups excluding carboxylic acids is 2. The number of aliphatic hydroxyl groups excluding tert-OH is 1. The zero-order valence-electron chi connectivity index (χ0n) is 28.7. The topological polar surface area (TPSA) is 104 Å². The Labute approximate surface area is 298 Å². The first-order valence-corrected chi connectivity index (χ1v) is 20.5. The number of para-hydroxylation sites is 1. The van der Waals surface area contributed by atoms with Crippen LogP contribution in [0.15, 0.2) is 97.2 Å². The van der Waals surface area contributed by atoms with Gasteiger partial charge in [0.05, 0.1) is 39.9 Å². The van der Waals surface area contributed by atoms with E-state index in [4.69, 9.17) is 21.1 Å². The normalized spacial score (nSPS) is 21.6. The number of aromatic amines is 1. The highest BCUT2D eigenvalue weighted by Gasteiger charge is 2.66. The molecule has 1 saturated heterocycles. The summed E-state index contributed by atoms with van der Waals surface area (Å²) in [4.78, 5) is 33.1. The number of nitrogens with zero attached hydrogens (tertiary/aromatic N) is 1. The third-order valence-electron chi connectivity index (χ3n) is 10.8. The molecule has 2 aliphatic rings. The molecule has 5 aromatic rings. The van der Waals surface area contributed by atoms with E-state index in [2.05, 4.69) is 42.5 Å². The minimum atomic E-state index is -2.30. The predicted molar refractivity (Wildman–Crippen MR) is 201 cm³/mol. The molecular weight excluding hydrogens is 666 g/mol. The van der Waals surface area contributed by atoms with Crippen LogP contribution in [-0.2, 0) is 32.9 Å². The van der Waals surface area contributed by atoms with Crippen LogP contribution in [-0.4, -0.2) is 49.8 Å². The van der Waals surface area contributed by atoms with Crippen molar-refractivity contribution in [2.45, 2.75) is 56.7 Å². The van der Waals surface area contributed by atoms with E-state index in [0.29, 0.717) is 17.1 Å². The van der Waals surface area contributed by atoms with Gasteiger partial charge in [0.1, 0.15) is 5.75 Å². The highest BCUT2D eigenvalue weighted by molar-refractivity contribution is 6.91. The average Bonchev–Trinajstić information content (AvgIpc) is 3.72. The first-order valence-electron chi connectivity index (χ1n) is 17.1. The van der Waals surface area contributed by atoms with Gasteiger partial charge in [0.15, 0.2) is 5.60 Å². The molecule has 2 aliphatic heterocycles. The monoisotopic (exact) mass is 707 g/mol. The molecular formula is C40H42ClN3O5Si. The number of aliphatic hydroxyl groups is 1. The Morgan fingerprint density at radius 3 is 2.60 bits per heavy atom. The summed E-state index contributed by atoms with van der Waals surface area (Å²) in [5, 5.41) is 16.0. The molecule has 4 atom stereocenters. The van der Waals surface area contributed by atoms with E-state index in [1.165, 1.54) is 5.19 Å². The van der Waals surface area contributed by atoms with Gasteiger partial charge < -0.3 is 29.8 Å². The Bertz CT molecular complexity index is 2060. The lowest BCUT2D eigenvalue weighted by Gasteiger charge is -2.37. The molecule has 3 heterocycles. The van der Waals surface area contributed by atoms with Gasteiger partial charge in [0.2, 0.25) is 5.91 Å². The molecule has 3 N–H and O–H groups in total. The first-order chi connectivity index (χ1) is 24.1. The van der Waals surface area contributed by atoms with Gasteiger partial charge >= 0.3 is 0 Å². The van der Waals surface area contributed by atoms with Crippen molar-refractivity contribution in [3.63, 3.8) is 0 Å². The minimum absolute atomic E-state index is 0.0227. The van der Waals surface area contributed by atoms with E-state index in [-0.39, 0.29) is 48.9 Å². The summed E-state index contributed by atoms with van der Waals surface area (Å²) in [6, 6.07) is 29.3. The molecule has 0 saturated carbocycles. The maximum Gasteiger partial charge on any atom is 0.264 e. The number of methoxy groups -OCH3 is 1. The number of fused-ring (bicyclic) bond motifs is 3. The van der Waals surface area contributed by atoms with Crippen molar-refractivity contribution in [3.05, 3.63) is 119 Å². The van der Waals surface area contributed by atoms with Gasteiger partial charge in [-0.2, -0.15) is 0 Å². The summed E-state index contributed by atoms with van der Waals surface area (Å²) >= 11 is 6.62. The van der Waals surface area contributed by atoms with E-state index in [0.717, 1.165) is 39.0 Å². The van der Waals surface area contributed by atoms with Gasteiger partial charge in [-0.3, -0.25) is 9.59 Å². The van der Waals surface area contributed by atoms with E-state index < -0.39 is 13.7 Å². The number of aromatic nitrogens is 1. The molecule has 4 aromatic carbocycles. The summed E-state index contributed by atoms with van der Waals surface area (Å²) in [5.41, 5.74) is 3.73. The van der Waals surface area contributed by atoms with Gasteiger partial charge in [-0.1, -0.05) is 79.3 Å². The maximum atomic E-state index is 14.9. The number of rotatable bonds is 10. The van der Waals surface area contributed by atoms with Crippen LogP contribution in [0, 0.1) is 5.92 Å². The van der Waals surface area contributed by atoms with Gasteiger partial charge in [-0.25, -0.2) is 0 Å². The van der Waals surface area contributed by atoms with Gasteiger partial charge in [0.25, 0.3) is 5.91 Å². The average molecular weight is 708 g/mol. The third-order valence-corrected chi connectivity index (χ3v) is 15.4. The second-order valence-corrected chi connectivity index (χ2v) is 19.1. The number of anilines is 2. The van der Waals surface area contributed by atoms with Crippen LogP contribution in [0.1, 0.15) is 30.0 Å². The highest BCUT2D eigenvalue weighted by atomic mass is 35.5.